The van der Waals surface area contributed by atoms with Gasteiger partial charge in [0.25, 0.3) is 0 Å². The van der Waals surface area contributed by atoms with Crippen molar-refractivity contribution >= 4 is 17.7 Å². The molecule has 2 fully saturated rings. The third kappa shape index (κ3) is 13.7. The zero-order valence-corrected chi connectivity index (χ0v) is 36.5. The molecule has 0 saturated carbocycles. The highest BCUT2D eigenvalue weighted by atomic mass is 16.7. The van der Waals surface area contributed by atoms with Crippen LogP contribution in [-0.4, -0.2) is 158 Å². The molecule has 59 heavy (non-hydrogen) atoms. The van der Waals surface area contributed by atoms with E-state index in [1.807, 2.05) is 19.9 Å². The minimum atomic E-state index is -1.33. The summed E-state index contributed by atoms with van der Waals surface area (Å²) >= 11 is 0. The summed E-state index contributed by atoms with van der Waals surface area (Å²) in [6.45, 7) is 12.3. The first-order valence-electron chi connectivity index (χ1n) is 20.6. The maximum Gasteiger partial charge on any atom is 0.334 e. The number of nitrogens with zero attached hydrogens (tertiary/aromatic N) is 1. The van der Waals surface area contributed by atoms with Crippen molar-refractivity contribution in [3.8, 4) is 0 Å². The van der Waals surface area contributed by atoms with Gasteiger partial charge < -0.3 is 63.2 Å². The highest BCUT2D eigenvalue weighted by Crippen LogP contribution is 2.35. The highest BCUT2D eigenvalue weighted by Gasteiger charge is 2.48. The molecule has 0 aliphatic carbocycles. The largest absolute Gasteiger partial charge is 0.512 e. The summed E-state index contributed by atoms with van der Waals surface area (Å²) in [6, 6.07) is -0.766. The number of rotatable bonds is 13. The third-order valence-corrected chi connectivity index (χ3v) is 11.4. The number of carbonyl (C=O) groups excluding carboxylic acids is 3. The van der Waals surface area contributed by atoms with Gasteiger partial charge in [-0.1, -0.05) is 44.6 Å². The molecule has 0 unspecified atom stereocenters. The van der Waals surface area contributed by atoms with Crippen LogP contribution < -0.4 is 0 Å². The Morgan fingerprint density at radius 3 is 2.17 bits per heavy atom. The van der Waals surface area contributed by atoms with Gasteiger partial charge in [-0.2, -0.15) is 0 Å². The number of aliphatic hydroxyl groups is 4. The summed E-state index contributed by atoms with van der Waals surface area (Å²) in [4.78, 5) is 41.4. The maximum absolute atomic E-state index is 13.8. The van der Waals surface area contributed by atoms with Gasteiger partial charge in [-0.15, -0.1) is 0 Å². The summed E-state index contributed by atoms with van der Waals surface area (Å²) in [5, 5.41) is 44.6. The zero-order chi connectivity index (χ0) is 44.1. The molecule has 0 spiro atoms. The van der Waals surface area contributed by atoms with E-state index in [4.69, 9.17) is 37.9 Å². The highest BCUT2D eigenvalue weighted by molar-refractivity contribution is 5.91. The fourth-order valence-corrected chi connectivity index (χ4v) is 7.95. The third-order valence-electron chi connectivity index (χ3n) is 11.4. The number of likely N-dealkylation sites (N-methyl/N-ethyl adjacent to an activating group) is 1. The van der Waals surface area contributed by atoms with Crippen molar-refractivity contribution < 1.29 is 72.7 Å². The van der Waals surface area contributed by atoms with E-state index in [0.717, 1.165) is 6.08 Å². The number of hydrogen-bond donors (Lipinski definition) is 4. The number of esters is 2. The van der Waals surface area contributed by atoms with Gasteiger partial charge in [-0.05, 0) is 73.0 Å². The maximum atomic E-state index is 13.8. The Kier molecular flexibility index (Phi) is 20.3. The molecule has 3 aliphatic heterocycles. The fraction of sp³-hybridized carbons (Fsp3) is 0.744. The molecule has 0 radical (unpaired) electrons. The number of methoxy groups -OCH3 is 2. The standard InChI is InChI=1S/C43H69NO15/c1-12-32-29(22-55-43-41(53-11)40(52-10)37(50)27(7)57-43)19-23(3)17-18-30(45)24(4)20-28(15-14-16-33(47)54-13-2)39(25(5)31(46)21-34(48)58-32)59-42-38(51)35(44(8)9)36(49)26(6)56-42/h14,16-19,21,24-29,32,35-43,46,49-51H,12-13,15,20,22H2,1-11H3/b16-14+,18-17+,23-19+,31-21+/t24-,25+,26+,27-,28+,29-,32-,35-,36+,37-,38+,39-,40-,41-,42-,43-/m1/s1. The molecule has 4 N–H and O–H groups in total. The molecule has 16 atom stereocenters. The van der Waals surface area contributed by atoms with Gasteiger partial charge in [0.2, 0.25) is 0 Å². The van der Waals surface area contributed by atoms with Crippen molar-refractivity contribution in [1.29, 1.82) is 0 Å². The minimum absolute atomic E-state index is 0.0150. The quantitative estimate of drug-likeness (QED) is 0.155. The van der Waals surface area contributed by atoms with Crippen LogP contribution in [0.25, 0.3) is 0 Å². The SMILES string of the molecule is CCOC(=O)/C=C/C[C@H]1C[C@@H](C)C(=O)/C=C/C(C)=C/[C@H](CO[C@@H]2O[C@H](C)[C@@H](O)[C@@H](OC)[C@H]2OC)[C@@H](CC)OC(=O)/C=C(/O)[C@H](C)[C@H]1O[C@H]1O[C@@H](C)[C@H](O)[C@@H](N(C)C)[C@@H]1O. The molecular weight excluding hydrogens is 770 g/mol. The summed E-state index contributed by atoms with van der Waals surface area (Å²) in [5.41, 5.74) is 0.685. The molecule has 0 amide bonds. The van der Waals surface area contributed by atoms with Crippen LogP contribution in [0.3, 0.4) is 0 Å². The van der Waals surface area contributed by atoms with Crippen LogP contribution in [0.1, 0.15) is 67.7 Å². The normalized spacial score (nSPS) is 40.5. The van der Waals surface area contributed by atoms with Gasteiger partial charge in [0, 0.05) is 38.0 Å². The zero-order valence-electron chi connectivity index (χ0n) is 36.5. The number of cyclic esters (lactones) is 1. The average molecular weight is 840 g/mol. The van der Waals surface area contributed by atoms with Crippen LogP contribution in [0.5, 0.6) is 0 Å². The number of hydrogen-bond acceptors (Lipinski definition) is 16. The second-order valence-electron chi connectivity index (χ2n) is 16.0. The first kappa shape index (κ1) is 50.3. The van der Waals surface area contributed by atoms with Gasteiger partial charge in [-0.3, -0.25) is 4.79 Å². The van der Waals surface area contributed by atoms with Gasteiger partial charge in [0.15, 0.2) is 18.4 Å². The smallest absolute Gasteiger partial charge is 0.334 e. The minimum Gasteiger partial charge on any atom is -0.512 e. The van der Waals surface area contributed by atoms with Crippen LogP contribution in [0, 0.1) is 23.7 Å². The van der Waals surface area contributed by atoms with Crippen molar-refractivity contribution in [3.63, 3.8) is 0 Å². The number of ketones is 1. The summed E-state index contributed by atoms with van der Waals surface area (Å²) < 4.78 is 46.9. The van der Waals surface area contributed by atoms with Crippen molar-refractivity contribution in [2.45, 2.75) is 141 Å². The number of ether oxygens (including phenoxy) is 8. The Balaban J connectivity index is 2.07. The number of allylic oxidation sites excluding steroid dienone is 4. The Morgan fingerprint density at radius 2 is 1.56 bits per heavy atom. The van der Waals surface area contributed by atoms with Crippen molar-refractivity contribution in [3.05, 3.63) is 47.8 Å². The second-order valence-corrected chi connectivity index (χ2v) is 16.0. The topological polar surface area (TPSA) is 209 Å². The Labute approximate surface area is 349 Å². The molecule has 2 saturated heterocycles. The van der Waals surface area contributed by atoms with E-state index < -0.39 is 109 Å². The molecule has 3 aliphatic rings. The van der Waals surface area contributed by atoms with Gasteiger partial charge in [-0.25, -0.2) is 9.59 Å². The van der Waals surface area contributed by atoms with Crippen LogP contribution in [-0.2, 0) is 52.3 Å². The molecule has 0 aromatic carbocycles. The van der Waals surface area contributed by atoms with Crippen molar-refractivity contribution in [1.82, 2.24) is 4.90 Å². The molecule has 3 rings (SSSR count). The first-order chi connectivity index (χ1) is 27.9. The predicted molar refractivity (Wildman–Crippen MR) is 216 cm³/mol. The van der Waals surface area contributed by atoms with E-state index in [2.05, 4.69) is 0 Å². The molecule has 336 valence electrons. The van der Waals surface area contributed by atoms with E-state index in [-0.39, 0.29) is 37.6 Å². The summed E-state index contributed by atoms with van der Waals surface area (Å²) in [7, 11) is 6.35. The van der Waals surface area contributed by atoms with Gasteiger partial charge >= 0.3 is 11.9 Å². The van der Waals surface area contributed by atoms with Gasteiger partial charge in [0.1, 0.15) is 36.3 Å². The lowest BCUT2D eigenvalue weighted by molar-refractivity contribution is -0.304. The molecule has 0 aromatic rings. The molecule has 3 heterocycles. The van der Waals surface area contributed by atoms with E-state index in [1.165, 1.54) is 26.4 Å². The van der Waals surface area contributed by atoms with Crippen LogP contribution in [0.15, 0.2) is 47.8 Å². The lowest BCUT2D eigenvalue weighted by atomic mass is 9.81. The van der Waals surface area contributed by atoms with E-state index in [1.54, 1.807) is 65.8 Å². The van der Waals surface area contributed by atoms with E-state index in [0.29, 0.717) is 12.0 Å². The lowest BCUT2D eigenvalue weighted by Crippen LogP contribution is -2.63. The van der Waals surface area contributed by atoms with Crippen LogP contribution in [0.4, 0.5) is 0 Å². The molecule has 0 bridgehead atoms. The van der Waals surface area contributed by atoms with Gasteiger partial charge in [0.05, 0.1) is 49.7 Å². The molecule has 16 heteroatoms. The Hall–Kier alpha value is -3.03. The molecule has 0 aromatic heterocycles. The number of aliphatic hydroxyl groups excluding tert-OH is 4. The summed E-state index contributed by atoms with van der Waals surface area (Å²) in [5.74, 6) is -4.65. The molecular formula is C43H69NO15. The second kappa shape index (κ2) is 23.8. The lowest BCUT2D eigenvalue weighted by Gasteiger charge is -2.46. The van der Waals surface area contributed by atoms with E-state index >= 15 is 0 Å². The molecule has 16 nitrogen and oxygen atoms in total. The average Bonchev–Trinajstić information content (AvgIpc) is 3.18. The van der Waals surface area contributed by atoms with Crippen molar-refractivity contribution in [2.24, 2.45) is 23.7 Å². The number of carbonyl (C=O) groups is 3. The Morgan fingerprint density at radius 1 is 0.915 bits per heavy atom. The van der Waals surface area contributed by atoms with Crippen LogP contribution in [0.2, 0.25) is 0 Å². The van der Waals surface area contributed by atoms with E-state index in [9.17, 15) is 34.8 Å². The van der Waals surface area contributed by atoms with Crippen molar-refractivity contribution in [2.75, 3.05) is 41.5 Å². The Bertz CT molecular complexity index is 1480. The fourth-order valence-electron chi connectivity index (χ4n) is 7.95. The van der Waals surface area contributed by atoms with Crippen LogP contribution >= 0.6 is 0 Å². The predicted octanol–water partition coefficient (Wildman–Crippen LogP) is 3.17. The summed E-state index contributed by atoms with van der Waals surface area (Å²) in [6.07, 6.45) is -0.607. The first-order valence-corrected chi connectivity index (χ1v) is 20.6. The monoisotopic (exact) mass is 839 g/mol.